The fraction of sp³-hybridized carbons (Fsp3) is 0.778. The molecule has 1 rings (SSSR count). The van der Waals surface area contributed by atoms with Gasteiger partial charge in [-0.05, 0) is 13.3 Å². The zero-order valence-electron chi connectivity index (χ0n) is 9.65. The molecule has 1 aliphatic heterocycles. The number of methoxy groups -OCH3 is 1. The minimum Gasteiger partial charge on any atom is -0.365 e. The molecule has 86 valence electrons. The van der Waals surface area contributed by atoms with E-state index < -0.39 is 0 Å². The number of ether oxygens (including phenoxy) is 1. The number of nitrogens with zero attached hydrogens (tertiary/aromatic N) is 3. The first-order valence-corrected chi connectivity index (χ1v) is 4.96. The molecule has 0 aromatic carbocycles. The van der Waals surface area contributed by atoms with Crippen LogP contribution in [0.15, 0.2) is 5.10 Å². The number of nitrogens with one attached hydrogen (secondary N) is 1. The number of hydrazine groups is 1. The van der Waals surface area contributed by atoms with Crippen molar-refractivity contribution >= 4 is 11.7 Å². The lowest BCUT2D eigenvalue weighted by molar-refractivity contribution is -0.110. The third-order valence-electron chi connectivity index (χ3n) is 2.37. The van der Waals surface area contributed by atoms with Crippen LogP contribution in [0.5, 0.6) is 0 Å². The van der Waals surface area contributed by atoms with Crippen molar-refractivity contribution in [3.8, 4) is 0 Å². The Balaban J connectivity index is 2.70. The number of hydrogen-bond donors (Lipinski definition) is 1. The van der Waals surface area contributed by atoms with Crippen LogP contribution in [0.2, 0.25) is 0 Å². The predicted molar refractivity (Wildman–Crippen MR) is 57.2 cm³/mol. The molecule has 0 aromatic heterocycles. The van der Waals surface area contributed by atoms with Gasteiger partial charge in [0.05, 0.1) is 12.3 Å². The van der Waals surface area contributed by atoms with Crippen LogP contribution in [-0.4, -0.2) is 48.7 Å². The molecule has 0 saturated carbocycles. The maximum atomic E-state index is 11.5. The number of hydrazone groups is 1. The molecule has 1 aliphatic rings. The van der Waals surface area contributed by atoms with E-state index in [0.717, 1.165) is 12.1 Å². The molecular weight excluding hydrogens is 196 g/mol. The van der Waals surface area contributed by atoms with Gasteiger partial charge in [-0.15, -0.1) is 0 Å². The second-order valence-corrected chi connectivity index (χ2v) is 3.49. The van der Waals surface area contributed by atoms with Gasteiger partial charge in [-0.1, -0.05) is 6.92 Å². The summed E-state index contributed by atoms with van der Waals surface area (Å²) < 4.78 is 5.26. The van der Waals surface area contributed by atoms with Crippen molar-refractivity contribution in [3.05, 3.63) is 0 Å². The topological polar surface area (TPSA) is 57.2 Å². The van der Waals surface area contributed by atoms with Gasteiger partial charge in [0.25, 0.3) is 0 Å². The van der Waals surface area contributed by atoms with Crippen LogP contribution in [0.25, 0.3) is 0 Å². The van der Waals surface area contributed by atoms with Gasteiger partial charge in [-0.25, -0.2) is 15.2 Å². The predicted octanol–water partition coefficient (Wildman–Crippen LogP) is 0.617. The van der Waals surface area contributed by atoms with Crippen LogP contribution in [-0.2, 0) is 4.74 Å². The van der Waals surface area contributed by atoms with Gasteiger partial charge in [0, 0.05) is 14.2 Å². The van der Waals surface area contributed by atoms with Gasteiger partial charge in [0.2, 0.25) is 0 Å². The molecule has 1 atom stereocenters. The average molecular weight is 214 g/mol. The van der Waals surface area contributed by atoms with Crippen LogP contribution in [0, 0.1) is 0 Å². The summed E-state index contributed by atoms with van der Waals surface area (Å²) >= 11 is 0. The van der Waals surface area contributed by atoms with E-state index in [2.05, 4.69) is 10.5 Å². The van der Waals surface area contributed by atoms with E-state index in [0.29, 0.717) is 6.54 Å². The fourth-order valence-corrected chi connectivity index (χ4v) is 1.52. The van der Waals surface area contributed by atoms with Crippen LogP contribution in [0.1, 0.15) is 20.3 Å². The van der Waals surface area contributed by atoms with Crippen LogP contribution in [0.4, 0.5) is 4.79 Å². The van der Waals surface area contributed by atoms with Crippen LogP contribution in [0.3, 0.4) is 0 Å². The number of amides is 2. The Labute approximate surface area is 89.8 Å². The number of carbonyl (C=O) groups excluding carboxylic acids is 1. The highest BCUT2D eigenvalue weighted by atomic mass is 16.5. The minimum atomic E-state index is -0.224. The van der Waals surface area contributed by atoms with E-state index in [9.17, 15) is 4.79 Å². The normalized spacial score (nSPS) is 18.9. The highest BCUT2D eigenvalue weighted by Crippen LogP contribution is 2.09. The van der Waals surface area contributed by atoms with E-state index in [4.69, 9.17) is 4.74 Å². The molecule has 0 saturated heterocycles. The summed E-state index contributed by atoms with van der Waals surface area (Å²) in [5, 5.41) is 7.23. The maximum Gasteiger partial charge on any atom is 0.352 e. The average Bonchev–Trinajstić information content (AvgIpc) is 2.23. The standard InChI is InChI=1S/C9H18N4O2/c1-5-8(15-4)12(3)13-6-7(2)10-11-9(13)14/h8H,5-6H2,1-4H3,(H,11,14). The third kappa shape index (κ3) is 2.66. The highest BCUT2D eigenvalue weighted by molar-refractivity contribution is 5.91. The zero-order valence-corrected chi connectivity index (χ0v) is 9.65. The first-order chi connectivity index (χ1) is 7.10. The lowest BCUT2D eigenvalue weighted by atomic mass is 10.4. The second-order valence-electron chi connectivity index (χ2n) is 3.49. The summed E-state index contributed by atoms with van der Waals surface area (Å²) in [5.74, 6) is 0. The van der Waals surface area contributed by atoms with E-state index in [1.807, 2.05) is 20.9 Å². The molecule has 6 nitrogen and oxygen atoms in total. The Morgan fingerprint density at radius 2 is 2.40 bits per heavy atom. The van der Waals surface area contributed by atoms with Gasteiger partial charge < -0.3 is 4.74 Å². The minimum absolute atomic E-state index is 0.0957. The number of rotatable bonds is 4. The molecule has 0 fully saturated rings. The molecule has 0 aliphatic carbocycles. The summed E-state index contributed by atoms with van der Waals surface area (Å²) in [6.45, 7) is 4.38. The Morgan fingerprint density at radius 3 is 2.93 bits per heavy atom. The first kappa shape index (κ1) is 11.9. The summed E-state index contributed by atoms with van der Waals surface area (Å²) in [6, 6.07) is -0.224. The molecule has 1 N–H and O–H groups in total. The molecule has 6 heteroatoms. The van der Waals surface area contributed by atoms with Gasteiger partial charge >= 0.3 is 6.03 Å². The number of carbonyl (C=O) groups is 1. The first-order valence-electron chi connectivity index (χ1n) is 4.96. The molecule has 15 heavy (non-hydrogen) atoms. The molecule has 2 amide bonds. The van der Waals surface area contributed by atoms with Crippen molar-refractivity contribution in [3.63, 3.8) is 0 Å². The fourth-order valence-electron chi connectivity index (χ4n) is 1.52. The maximum absolute atomic E-state index is 11.5. The summed E-state index contributed by atoms with van der Waals surface area (Å²) in [7, 11) is 3.46. The highest BCUT2D eigenvalue weighted by Gasteiger charge is 2.26. The SMILES string of the molecule is CCC(OC)N(C)N1CC(C)=NNC1=O. The molecule has 0 spiro atoms. The van der Waals surface area contributed by atoms with Crippen molar-refractivity contribution in [1.82, 2.24) is 15.4 Å². The van der Waals surface area contributed by atoms with Crippen molar-refractivity contribution in [2.24, 2.45) is 5.10 Å². The molecule has 0 aromatic rings. The van der Waals surface area contributed by atoms with Crippen LogP contribution >= 0.6 is 0 Å². The number of urea groups is 1. The van der Waals surface area contributed by atoms with E-state index >= 15 is 0 Å². The molecule has 0 radical (unpaired) electrons. The molecule has 1 unspecified atom stereocenters. The summed E-state index contributed by atoms with van der Waals surface area (Å²) in [5.41, 5.74) is 3.31. The number of hydrogen-bond acceptors (Lipinski definition) is 4. The lowest BCUT2D eigenvalue weighted by Gasteiger charge is -2.37. The molecule has 0 bridgehead atoms. The molecule has 1 heterocycles. The monoisotopic (exact) mass is 214 g/mol. The van der Waals surface area contributed by atoms with E-state index in [1.165, 1.54) is 0 Å². The summed E-state index contributed by atoms with van der Waals surface area (Å²) in [6.07, 6.45) is 0.717. The molecular formula is C9H18N4O2. The second kappa shape index (κ2) is 5.09. The van der Waals surface area contributed by atoms with Gasteiger partial charge in [-0.3, -0.25) is 0 Å². The Hall–Kier alpha value is -1.14. The Bertz CT molecular complexity index is 263. The van der Waals surface area contributed by atoms with Crippen molar-refractivity contribution in [2.75, 3.05) is 20.7 Å². The van der Waals surface area contributed by atoms with E-state index in [1.54, 1.807) is 17.1 Å². The van der Waals surface area contributed by atoms with Gasteiger partial charge in [0.15, 0.2) is 0 Å². The third-order valence-corrected chi connectivity index (χ3v) is 2.37. The largest absolute Gasteiger partial charge is 0.365 e. The Morgan fingerprint density at radius 1 is 1.73 bits per heavy atom. The quantitative estimate of drug-likeness (QED) is 0.698. The van der Waals surface area contributed by atoms with E-state index in [-0.39, 0.29) is 12.3 Å². The lowest BCUT2D eigenvalue weighted by Crippen LogP contribution is -2.56. The van der Waals surface area contributed by atoms with Crippen molar-refractivity contribution in [1.29, 1.82) is 0 Å². The summed E-state index contributed by atoms with van der Waals surface area (Å²) in [4.78, 5) is 11.5. The zero-order chi connectivity index (χ0) is 11.4. The van der Waals surface area contributed by atoms with Gasteiger partial charge in [0.1, 0.15) is 6.23 Å². The van der Waals surface area contributed by atoms with Gasteiger partial charge in [-0.2, -0.15) is 10.1 Å². The Kier molecular flexibility index (Phi) is 4.05. The van der Waals surface area contributed by atoms with Crippen molar-refractivity contribution in [2.45, 2.75) is 26.5 Å². The van der Waals surface area contributed by atoms with Crippen LogP contribution < -0.4 is 5.43 Å². The smallest absolute Gasteiger partial charge is 0.352 e. The van der Waals surface area contributed by atoms with Crippen molar-refractivity contribution < 1.29 is 9.53 Å².